The summed E-state index contributed by atoms with van der Waals surface area (Å²) in [4.78, 5) is 16.5. The number of nitrogens with one attached hydrogen (secondary N) is 1. The van der Waals surface area contributed by atoms with Crippen LogP contribution in [0.4, 0.5) is 23.7 Å². The fourth-order valence-electron chi connectivity index (χ4n) is 3.42. The van der Waals surface area contributed by atoms with Gasteiger partial charge < -0.3 is 19.9 Å². The van der Waals surface area contributed by atoms with Gasteiger partial charge in [0.15, 0.2) is 0 Å². The summed E-state index contributed by atoms with van der Waals surface area (Å²) in [5, 5.41) is 2.58. The highest BCUT2D eigenvalue weighted by molar-refractivity contribution is 5.89. The average molecular weight is 371 g/mol. The minimum Gasteiger partial charge on any atom is -0.375 e. The zero-order valence-corrected chi connectivity index (χ0v) is 14.6. The summed E-state index contributed by atoms with van der Waals surface area (Å²) < 4.78 is 44.3. The number of anilines is 1. The number of amides is 2. The van der Waals surface area contributed by atoms with Crippen LogP contribution in [0.3, 0.4) is 0 Å². The maximum atomic E-state index is 12.8. The van der Waals surface area contributed by atoms with Gasteiger partial charge in [0.25, 0.3) is 0 Å². The standard InChI is InChI=1S/C18H24F3N3O2/c19-18(20,21)14-5-3-6-15(11-14)22-17(25)24-9-4-10-26-16(13-24)12-23-7-1-2-8-23/h3,5-6,11,16H,1-2,4,7-10,12-13H2,(H,22,25)/t16-/m1/s1. The van der Waals surface area contributed by atoms with Gasteiger partial charge in [-0.2, -0.15) is 13.2 Å². The van der Waals surface area contributed by atoms with Crippen molar-refractivity contribution >= 4 is 11.7 Å². The number of likely N-dealkylation sites (tertiary alicyclic amines) is 1. The van der Waals surface area contributed by atoms with E-state index in [2.05, 4.69) is 10.2 Å². The molecule has 2 aliphatic rings. The topological polar surface area (TPSA) is 44.8 Å². The summed E-state index contributed by atoms with van der Waals surface area (Å²) in [6.45, 7) is 4.45. The Balaban J connectivity index is 1.60. The lowest BCUT2D eigenvalue weighted by Crippen LogP contribution is -2.43. The van der Waals surface area contributed by atoms with E-state index in [1.807, 2.05) is 0 Å². The zero-order valence-electron chi connectivity index (χ0n) is 14.6. The van der Waals surface area contributed by atoms with Crippen LogP contribution < -0.4 is 5.32 Å². The molecule has 2 fully saturated rings. The number of alkyl halides is 3. The Morgan fingerprint density at radius 1 is 1.19 bits per heavy atom. The lowest BCUT2D eigenvalue weighted by molar-refractivity contribution is -0.137. The molecule has 0 unspecified atom stereocenters. The number of carbonyl (C=O) groups is 1. The molecule has 1 atom stereocenters. The van der Waals surface area contributed by atoms with Crippen molar-refractivity contribution in [3.63, 3.8) is 0 Å². The quantitative estimate of drug-likeness (QED) is 0.886. The van der Waals surface area contributed by atoms with Gasteiger partial charge in [-0.3, -0.25) is 0 Å². The molecule has 2 heterocycles. The lowest BCUT2D eigenvalue weighted by Gasteiger charge is -2.27. The van der Waals surface area contributed by atoms with Gasteiger partial charge in [-0.25, -0.2) is 4.79 Å². The van der Waals surface area contributed by atoms with E-state index < -0.39 is 11.7 Å². The van der Waals surface area contributed by atoms with E-state index in [0.29, 0.717) is 26.1 Å². The molecule has 0 bridgehead atoms. The molecule has 26 heavy (non-hydrogen) atoms. The van der Waals surface area contributed by atoms with Crippen LogP contribution in [0.5, 0.6) is 0 Å². The molecule has 1 aromatic rings. The minimum atomic E-state index is -4.43. The van der Waals surface area contributed by atoms with Gasteiger partial charge in [0, 0.05) is 31.9 Å². The van der Waals surface area contributed by atoms with Gasteiger partial charge in [-0.15, -0.1) is 0 Å². The monoisotopic (exact) mass is 371 g/mol. The molecular formula is C18H24F3N3O2. The maximum Gasteiger partial charge on any atom is 0.416 e. The molecule has 2 amide bonds. The highest BCUT2D eigenvalue weighted by Gasteiger charge is 2.31. The van der Waals surface area contributed by atoms with Crippen molar-refractivity contribution in [2.45, 2.75) is 31.5 Å². The van der Waals surface area contributed by atoms with Crippen LogP contribution >= 0.6 is 0 Å². The van der Waals surface area contributed by atoms with E-state index in [0.717, 1.165) is 31.8 Å². The van der Waals surface area contributed by atoms with Crippen molar-refractivity contribution in [1.29, 1.82) is 0 Å². The first-order valence-electron chi connectivity index (χ1n) is 8.99. The van der Waals surface area contributed by atoms with Crippen LogP contribution in [0.2, 0.25) is 0 Å². The number of halogens is 3. The summed E-state index contributed by atoms with van der Waals surface area (Å²) >= 11 is 0. The van der Waals surface area contributed by atoms with Crippen molar-refractivity contribution in [3.05, 3.63) is 29.8 Å². The van der Waals surface area contributed by atoms with Crippen LogP contribution in [0.15, 0.2) is 24.3 Å². The number of hydrogen-bond acceptors (Lipinski definition) is 3. The molecule has 0 aromatic heterocycles. The number of benzene rings is 1. The molecule has 0 aliphatic carbocycles. The number of ether oxygens (including phenoxy) is 1. The molecule has 2 saturated heterocycles. The summed E-state index contributed by atoms with van der Waals surface area (Å²) in [5.41, 5.74) is -0.632. The lowest BCUT2D eigenvalue weighted by atomic mass is 10.2. The second-order valence-corrected chi connectivity index (χ2v) is 6.81. The van der Waals surface area contributed by atoms with Crippen LogP contribution in [-0.4, -0.2) is 61.3 Å². The Morgan fingerprint density at radius 2 is 1.96 bits per heavy atom. The Kier molecular flexibility index (Phi) is 6.03. The number of carbonyl (C=O) groups excluding carboxylic acids is 1. The average Bonchev–Trinajstić information content (AvgIpc) is 2.98. The SMILES string of the molecule is O=C(Nc1cccc(C(F)(F)F)c1)N1CCCO[C@H](CN2CCCC2)C1. The van der Waals surface area contributed by atoms with Gasteiger partial charge in [-0.1, -0.05) is 6.07 Å². The van der Waals surface area contributed by atoms with E-state index in [1.165, 1.54) is 25.0 Å². The normalized spacial score (nSPS) is 22.3. The van der Waals surface area contributed by atoms with Crippen LogP contribution in [0.1, 0.15) is 24.8 Å². The van der Waals surface area contributed by atoms with Crippen LogP contribution in [0, 0.1) is 0 Å². The number of urea groups is 1. The van der Waals surface area contributed by atoms with E-state index in [1.54, 1.807) is 4.90 Å². The zero-order chi connectivity index (χ0) is 18.6. The second-order valence-electron chi connectivity index (χ2n) is 6.81. The first kappa shape index (κ1) is 19.0. The fraction of sp³-hybridized carbons (Fsp3) is 0.611. The number of rotatable bonds is 3. The molecular weight excluding hydrogens is 347 g/mol. The third-order valence-electron chi connectivity index (χ3n) is 4.74. The Labute approximate surface area is 151 Å². The minimum absolute atomic E-state index is 0.0668. The van der Waals surface area contributed by atoms with E-state index in [9.17, 15) is 18.0 Å². The van der Waals surface area contributed by atoms with Gasteiger partial charge >= 0.3 is 12.2 Å². The second kappa shape index (κ2) is 8.26. The van der Waals surface area contributed by atoms with Crippen LogP contribution in [0.25, 0.3) is 0 Å². The summed E-state index contributed by atoms with van der Waals surface area (Å²) in [7, 11) is 0. The van der Waals surface area contributed by atoms with Gasteiger partial charge in [0.2, 0.25) is 0 Å². The summed E-state index contributed by atoms with van der Waals surface area (Å²) in [5.74, 6) is 0. The highest BCUT2D eigenvalue weighted by atomic mass is 19.4. The molecule has 0 spiro atoms. The van der Waals surface area contributed by atoms with Crippen molar-refractivity contribution in [1.82, 2.24) is 9.80 Å². The number of hydrogen-bond donors (Lipinski definition) is 1. The van der Waals surface area contributed by atoms with Crippen molar-refractivity contribution in [3.8, 4) is 0 Å². The van der Waals surface area contributed by atoms with Gasteiger partial charge in [-0.05, 0) is 50.6 Å². The first-order chi connectivity index (χ1) is 12.4. The Bertz CT molecular complexity index is 618. The molecule has 1 N–H and O–H groups in total. The maximum absolute atomic E-state index is 12.8. The summed E-state index contributed by atoms with van der Waals surface area (Å²) in [6, 6.07) is 4.31. The smallest absolute Gasteiger partial charge is 0.375 e. The fourth-order valence-corrected chi connectivity index (χ4v) is 3.42. The van der Waals surface area contributed by atoms with Gasteiger partial charge in [0.1, 0.15) is 0 Å². The van der Waals surface area contributed by atoms with E-state index >= 15 is 0 Å². The van der Waals surface area contributed by atoms with Crippen molar-refractivity contribution in [2.75, 3.05) is 44.6 Å². The summed E-state index contributed by atoms with van der Waals surface area (Å²) in [6.07, 6.45) is -1.41. The molecule has 0 saturated carbocycles. The molecule has 5 nitrogen and oxygen atoms in total. The predicted octanol–water partition coefficient (Wildman–Crippen LogP) is 3.42. The highest BCUT2D eigenvalue weighted by Crippen LogP contribution is 2.30. The Morgan fingerprint density at radius 3 is 2.69 bits per heavy atom. The largest absolute Gasteiger partial charge is 0.416 e. The molecule has 3 rings (SSSR count). The number of nitrogens with zero attached hydrogens (tertiary/aromatic N) is 2. The van der Waals surface area contributed by atoms with E-state index in [-0.39, 0.29) is 17.8 Å². The third-order valence-corrected chi connectivity index (χ3v) is 4.74. The van der Waals surface area contributed by atoms with Crippen molar-refractivity contribution in [2.24, 2.45) is 0 Å². The Hall–Kier alpha value is -1.80. The first-order valence-corrected chi connectivity index (χ1v) is 8.99. The molecule has 8 heteroatoms. The molecule has 2 aliphatic heterocycles. The van der Waals surface area contributed by atoms with Gasteiger partial charge in [0.05, 0.1) is 11.7 Å². The van der Waals surface area contributed by atoms with Crippen LogP contribution in [-0.2, 0) is 10.9 Å². The third kappa shape index (κ3) is 5.11. The molecule has 0 radical (unpaired) electrons. The van der Waals surface area contributed by atoms with Crippen molar-refractivity contribution < 1.29 is 22.7 Å². The molecule has 144 valence electrons. The van der Waals surface area contributed by atoms with E-state index in [4.69, 9.17) is 4.74 Å². The molecule has 1 aromatic carbocycles. The predicted molar refractivity (Wildman–Crippen MR) is 92.1 cm³/mol.